The molecule has 32 heavy (non-hydrogen) atoms. The van der Waals surface area contributed by atoms with Crippen LogP contribution in [-0.4, -0.2) is 22.5 Å². The van der Waals surface area contributed by atoms with E-state index < -0.39 is 29.2 Å². The number of carboxylic acids is 1. The fraction of sp³-hybridized carbons (Fsp3) is 0.417. The Hall–Kier alpha value is -3.03. The SMILES string of the molecule is CCC(C)(NC(=O)c1ccc2c(c1OCc1ccc(C(F)(F)F)cc1)CCCC2)C(=O)O. The smallest absolute Gasteiger partial charge is 0.416 e. The number of benzene rings is 2. The van der Waals surface area contributed by atoms with Gasteiger partial charge in [0, 0.05) is 0 Å². The molecule has 3 rings (SSSR count). The first-order valence-electron chi connectivity index (χ1n) is 10.5. The van der Waals surface area contributed by atoms with Crippen molar-refractivity contribution in [3.63, 3.8) is 0 Å². The van der Waals surface area contributed by atoms with Crippen LogP contribution in [0.1, 0.15) is 65.7 Å². The van der Waals surface area contributed by atoms with Gasteiger partial charge >= 0.3 is 12.1 Å². The molecule has 0 heterocycles. The minimum Gasteiger partial charge on any atom is -0.488 e. The maximum atomic E-state index is 13.0. The van der Waals surface area contributed by atoms with Crippen molar-refractivity contribution in [2.75, 3.05) is 0 Å². The van der Waals surface area contributed by atoms with E-state index in [2.05, 4.69) is 5.32 Å². The molecule has 0 fully saturated rings. The first-order chi connectivity index (χ1) is 15.0. The Morgan fingerprint density at radius 2 is 1.72 bits per heavy atom. The fourth-order valence-electron chi connectivity index (χ4n) is 3.69. The standard InChI is InChI=1S/C24H26F3NO4/c1-3-23(2,22(30)31)28-21(29)19-13-10-16-6-4-5-7-18(16)20(19)32-14-15-8-11-17(12-9-15)24(25,26)27/h8-13H,3-7,14H2,1-2H3,(H,28,29)(H,30,31). The molecule has 2 aromatic carbocycles. The van der Waals surface area contributed by atoms with Crippen molar-refractivity contribution in [2.45, 2.75) is 64.3 Å². The minimum atomic E-state index is -4.42. The van der Waals surface area contributed by atoms with Gasteiger partial charge in [-0.3, -0.25) is 4.79 Å². The lowest BCUT2D eigenvalue weighted by Crippen LogP contribution is -2.51. The second-order valence-corrected chi connectivity index (χ2v) is 8.22. The van der Waals surface area contributed by atoms with Crippen LogP contribution in [-0.2, 0) is 30.4 Å². The van der Waals surface area contributed by atoms with E-state index in [1.54, 1.807) is 13.0 Å². The Morgan fingerprint density at radius 1 is 1.06 bits per heavy atom. The van der Waals surface area contributed by atoms with Gasteiger partial charge in [0.15, 0.2) is 0 Å². The molecule has 5 nitrogen and oxygen atoms in total. The lowest BCUT2D eigenvalue weighted by Gasteiger charge is -2.27. The van der Waals surface area contributed by atoms with Crippen molar-refractivity contribution in [3.8, 4) is 5.75 Å². The first kappa shape index (κ1) is 23.6. The monoisotopic (exact) mass is 449 g/mol. The number of amides is 1. The summed E-state index contributed by atoms with van der Waals surface area (Å²) in [6.07, 6.45) is -0.723. The zero-order valence-corrected chi connectivity index (χ0v) is 18.0. The van der Waals surface area contributed by atoms with Crippen LogP contribution in [0.4, 0.5) is 13.2 Å². The van der Waals surface area contributed by atoms with E-state index in [0.717, 1.165) is 42.5 Å². The normalized spacial score (nSPS) is 15.4. The van der Waals surface area contributed by atoms with Crippen molar-refractivity contribution in [1.82, 2.24) is 5.32 Å². The maximum absolute atomic E-state index is 13.0. The Labute approximate surface area is 184 Å². The number of hydrogen-bond acceptors (Lipinski definition) is 3. The van der Waals surface area contributed by atoms with Crippen molar-refractivity contribution < 1.29 is 32.6 Å². The Kier molecular flexibility index (Phi) is 6.81. The molecule has 0 aromatic heterocycles. The third kappa shape index (κ3) is 5.06. The number of nitrogens with one attached hydrogen (secondary N) is 1. The lowest BCUT2D eigenvalue weighted by molar-refractivity contribution is -0.144. The number of halogens is 3. The molecular formula is C24H26F3NO4. The molecule has 8 heteroatoms. The highest BCUT2D eigenvalue weighted by Gasteiger charge is 2.34. The summed E-state index contributed by atoms with van der Waals surface area (Å²) in [5.41, 5.74) is 0.527. The average Bonchev–Trinajstić information content (AvgIpc) is 2.76. The summed E-state index contributed by atoms with van der Waals surface area (Å²) >= 11 is 0. The second-order valence-electron chi connectivity index (χ2n) is 8.22. The fourth-order valence-corrected chi connectivity index (χ4v) is 3.69. The Balaban J connectivity index is 1.89. The summed E-state index contributed by atoms with van der Waals surface area (Å²) in [7, 11) is 0. The van der Waals surface area contributed by atoms with Crippen LogP contribution in [0.25, 0.3) is 0 Å². The third-order valence-electron chi connectivity index (χ3n) is 5.96. The summed E-state index contributed by atoms with van der Waals surface area (Å²) in [6, 6.07) is 8.16. The van der Waals surface area contributed by atoms with E-state index in [1.165, 1.54) is 19.1 Å². The van der Waals surface area contributed by atoms with Crippen LogP contribution in [0.5, 0.6) is 5.75 Å². The molecule has 1 amide bonds. The summed E-state index contributed by atoms with van der Waals surface area (Å²) < 4.78 is 44.4. The molecule has 0 saturated carbocycles. The largest absolute Gasteiger partial charge is 0.488 e. The highest BCUT2D eigenvalue weighted by Crippen LogP contribution is 2.34. The van der Waals surface area contributed by atoms with Crippen LogP contribution >= 0.6 is 0 Å². The van der Waals surface area contributed by atoms with Crippen molar-refractivity contribution in [3.05, 3.63) is 64.2 Å². The van der Waals surface area contributed by atoms with Gasteiger partial charge in [0.2, 0.25) is 0 Å². The van der Waals surface area contributed by atoms with E-state index in [4.69, 9.17) is 4.74 Å². The quantitative estimate of drug-likeness (QED) is 0.613. The molecule has 1 unspecified atom stereocenters. The molecule has 2 N–H and O–H groups in total. The number of ether oxygens (including phenoxy) is 1. The number of hydrogen-bond donors (Lipinski definition) is 2. The molecule has 1 aliphatic rings. The van der Waals surface area contributed by atoms with Crippen LogP contribution in [0.3, 0.4) is 0 Å². The zero-order valence-electron chi connectivity index (χ0n) is 18.0. The molecule has 0 spiro atoms. The number of fused-ring (bicyclic) bond motifs is 1. The summed E-state index contributed by atoms with van der Waals surface area (Å²) in [5.74, 6) is -1.34. The third-order valence-corrected chi connectivity index (χ3v) is 5.96. The van der Waals surface area contributed by atoms with Crippen LogP contribution in [0, 0.1) is 0 Å². The number of aliphatic carboxylic acids is 1. The number of rotatable bonds is 7. The Morgan fingerprint density at radius 3 is 2.31 bits per heavy atom. The van der Waals surface area contributed by atoms with Gasteiger partial charge in [-0.1, -0.05) is 25.1 Å². The van der Waals surface area contributed by atoms with E-state index in [1.807, 2.05) is 6.07 Å². The van der Waals surface area contributed by atoms with Gasteiger partial charge < -0.3 is 15.2 Å². The van der Waals surface area contributed by atoms with Gasteiger partial charge in [-0.25, -0.2) is 4.79 Å². The Bertz CT molecular complexity index is 1000. The molecule has 2 aromatic rings. The molecule has 0 radical (unpaired) electrons. The van der Waals surface area contributed by atoms with Crippen molar-refractivity contribution in [2.24, 2.45) is 0 Å². The molecule has 1 atom stereocenters. The van der Waals surface area contributed by atoms with E-state index >= 15 is 0 Å². The summed E-state index contributed by atoms with van der Waals surface area (Å²) in [4.78, 5) is 24.6. The number of alkyl halides is 3. The summed E-state index contributed by atoms with van der Waals surface area (Å²) in [6.45, 7) is 3.09. The van der Waals surface area contributed by atoms with Gasteiger partial charge in [0.05, 0.1) is 11.1 Å². The van der Waals surface area contributed by atoms with E-state index in [0.29, 0.717) is 17.7 Å². The molecule has 172 valence electrons. The first-order valence-corrected chi connectivity index (χ1v) is 10.5. The zero-order chi connectivity index (χ0) is 23.5. The number of carboxylic acid groups (broad SMARTS) is 1. The van der Waals surface area contributed by atoms with Crippen molar-refractivity contribution >= 4 is 11.9 Å². The van der Waals surface area contributed by atoms with Crippen molar-refractivity contribution in [1.29, 1.82) is 0 Å². The number of carbonyl (C=O) groups is 2. The minimum absolute atomic E-state index is 0.0150. The maximum Gasteiger partial charge on any atom is 0.416 e. The molecule has 0 aliphatic heterocycles. The second kappa shape index (κ2) is 9.22. The highest BCUT2D eigenvalue weighted by molar-refractivity contribution is 6.00. The van der Waals surface area contributed by atoms with Gasteiger partial charge in [-0.15, -0.1) is 0 Å². The van der Waals surface area contributed by atoms with Crippen LogP contribution in [0.15, 0.2) is 36.4 Å². The van der Waals surface area contributed by atoms with Gasteiger partial charge in [0.25, 0.3) is 5.91 Å². The van der Waals surface area contributed by atoms with Crippen LogP contribution < -0.4 is 10.1 Å². The van der Waals surface area contributed by atoms with E-state index in [-0.39, 0.29) is 18.6 Å². The average molecular weight is 449 g/mol. The predicted molar refractivity (Wildman–Crippen MR) is 113 cm³/mol. The van der Waals surface area contributed by atoms with Gasteiger partial charge in [-0.2, -0.15) is 13.2 Å². The van der Waals surface area contributed by atoms with Crippen LogP contribution in [0.2, 0.25) is 0 Å². The number of aryl methyl sites for hydroxylation is 1. The van der Waals surface area contributed by atoms with Gasteiger partial charge in [0.1, 0.15) is 17.9 Å². The van der Waals surface area contributed by atoms with E-state index in [9.17, 15) is 27.9 Å². The van der Waals surface area contributed by atoms with Gasteiger partial charge in [-0.05, 0) is 73.9 Å². The topological polar surface area (TPSA) is 75.6 Å². The summed E-state index contributed by atoms with van der Waals surface area (Å²) in [5, 5.41) is 12.1. The molecular weight excluding hydrogens is 423 g/mol. The number of carbonyl (C=O) groups excluding carboxylic acids is 1. The lowest BCUT2D eigenvalue weighted by atomic mass is 9.88. The molecule has 0 bridgehead atoms. The molecule has 0 saturated heterocycles. The molecule has 1 aliphatic carbocycles. The highest BCUT2D eigenvalue weighted by atomic mass is 19.4. The predicted octanol–water partition coefficient (Wildman–Crippen LogP) is 5.15.